The fraction of sp³-hybridized carbons (Fsp3) is 0.0164. The Morgan fingerprint density at radius 2 is 0.986 bits per heavy atom. The molecule has 0 N–H and O–H groups in total. The van der Waals surface area contributed by atoms with Crippen molar-refractivity contribution in [3.05, 3.63) is 234 Å². The largest absolute Gasteiger partial charge is 0.457 e. The predicted molar refractivity (Wildman–Crippen MR) is 272 cm³/mol. The number of rotatable bonds is 3. The van der Waals surface area contributed by atoms with Crippen molar-refractivity contribution >= 4 is 60.7 Å². The maximum Gasteiger partial charge on any atom is 0.151 e. The highest BCUT2D eigenvalue weighted by molar-refractivity contribution is 6.11. The van der Waals surface area contributed by atoms with E-state index in [1.807, 2.05) is 103 Å². The van der Waals surface area contributed by atoms with E-state index in [9.17, 15) is 10.5 Å². The molecule has 0 bridgehead atoms. The standard InChI is InChI=1S/C61H33N7O2/c62-33-36-22-26-49-42(29-36)40-11-1-3-14-47(40)66(49)38-24-25-44-57(32-38)70-56-21-9-18-53(68-51-16-5-7-19-54(51)69-55-20-8-6-17-52(55)68)58(56)61(44)45-13-10-28-64-59(45)60-46(61)31-39(35-65-60)67-48-15-4-2-12-41(48)43-30-37(34-63)23-27-50(43)67/h1-32,35H. The first-order chi connectivity index (χ1) is 34.6. The highest BCUT2D eigenvalue weighted by atomic mass is 16.5. The first-order valence-electron chi connectivity index (χ1n) is 23.1. The van der Waals surface area contributed by atoms with Crippen molar-refractivity contribution < 1.29 is 9.47 Å². The summed E-state index contributed by atoms with van der Waals surface area (Å²) in [4.78, 5) is 12.9. The number of anilines is 3. The smallest absolute Gasteiger partial charge is 0.151 e. The van der Waals surface area contributed by atoms with Gasteiger partial charge in [-0.25, -0.2) is 0 Å². The zero-order chi connectivity index (χ0) is 46.2. The third-order valence-corrected chi connectivity index (χ3v) is 14.5. The number of hydrogen-bond acceptors (Lipinski definition) is 7. The molecule has 12 aromatic rings. The first-order valence-corrected chi connectivity index (χ1v) is 23.1. The van der Waals surface area contributed by atoms with Gasteiger partial charge in [0.05, 0.1) is 91.1 Å². The molecular weight excluding hydrogens is 863 g/mol. The van der Waals surface area contributed by atoms with E-state index in [0.717, 1.165) is 117 Å². The number of fused-ring (bicyclic) bond motifs is 17. The Balaban J connectivity index is 1.06. The van der Waals surface area contributed by atoms with Crippen LogP contribution < -0.4 is 14.4 Å². The van der Waals surface area contributed by atoms with Gasteiger partial charge in [-0.2, -0.15) is 10.5 Å². The van der Waals surface area contributed by atoms with E-state index in [2.05, 4.69) is 123 Å². The van der Waals surface area contributed by atoms with Gasteiger partial charge < -0.3 is 23.5 Å². The van der Waals surface area contributed by atoms with Crippen molar-refractivity contribution in [3.63, 3.8) is 0 Å². The monoisotopic (exact) mass is 895 g/mol. The minimum atomic E-state index is -1.03. The van der Waals surface area contributed by atoms with Crippen LogP contribution in [0.25, 0.3) is 66.4 Å². The molecule has 0 saturated heterocycles. The first kappa shape index (κ1) is 38.2. The molecule has 1 aliphatic carbocycles. The Bertz CT molecular complexity index is 4330. The molecule has 1 atom stereocenters. The van der Waals surface area contributed by atoms with Crippen LogP contribution in [0.4, 0.5) is 17.1 Å². The Hall–Kier alpha value is -9.96. The summed E-state index contributed by atoms with van der Waals surface area (Å²) in [5, 5.41) is 24.0. The number of aromatic nitrogens is 4. The van der Waals surface area contributed by atoms with Gasteiger partial charge in [-0.15, -0.1) is 0 Å². The van der Waals surface area contributed by atoms with Crippen LogP contribution in [0.1, 0.15) is 33.4 Å². The molecule has 1 unspecified atom stereocenters. The van der Waals surface area contributed by atoms with Gasteiger partial charge in [0.2, 0.25) is 0 Å². The maximum atomic E-state index is 9.99. The minimum Gasteiger partial charge on any atom is -0.457 e. The molecule has 4 aromatic heterocycles. The number of benzene rings is 8. The van der Waals surface area contributed by atoms with Crippen molar-refractivity contribution in [2.45, 2.75) is 5.41 Å². The van der Waals surface area contributed by atoms with Gasteiger partial charge in [-0.1, -0.05) is 78.9 Å². The molecular formula is C61H33N7O2. The van der Waals surface area contributed by atoms with Gasteiger partial charge in [0, 0.05) is 56.2 Å². The summed E-state index contributed by atoms with van der Waals surface area (Å²) < 4.78 is 18.5. The Kier molecular flexibility index (Phi) is 7.65. The molecule has 70 heavy (non-hydrogen) atoms. The number of hydrogen-bond donors (Lipinski definition) is 0. The second-order valence-corrected chi connectivity index (χ2v) is 17.9. The van der Waals surface area contributed by atoms with Crippen molar-refractivity contribution in [3.8, 4) is 57.9 Å². The van der Waals surface area contributed by atoms with Crippen molar-refractivity contribution in [1.82, 2.24) is 19.1 Å². The summed E-state index contributed by atoms with van der Waals surface area (Å²) in [6.45, 7) is 0. The van der Waals surface area contributed by atoms with Crippen molar-refractivity contribution in [2.75, 3.05) is 4.90 Å². The van der Waals surface area contributed by atoms with Crippen molar-refractivity contribution in [1.29, 1.82) is 10.5 Å². The quantitative estimate of drug-likeness (QED) is 0.174. The molecule has 6 heterocycles. The maximum absolute atomic E-state index is 9.99. The van der Waals surface area contributed by atoms with Gasteiger partial charge in [0.15, 0.2) is 11.5 Å². The van der Waals surface area contributed by atoms with E-state index in [4.69, 9.17) is 19.4 Å². The van der Waals surface area contributed by atoms with Crippen LogP contribution in [0.15, 0.2) is 200 Å². The van der Waals surface area contributed by atoms with Crippen LogP contribution in [0.2, 0.25) is 0 Å². The van der Waals surface area contributed by atoms with E-state index < -0.39 is 5.41 Å². The normalized spacial score (nSPS) is 14.8. The molecule has 9 heteroatoms. The number of ether oxygens (including phenoxy) is 2. The van der Waals surface area contributed by atoms with E-state index in [-0.39, 0.29) is 0 Å². The summed E-state index contributed by atoms with van der Waals surface area (Å²) >= 11 is 0. The van der Waals surface area contributed by atoms with Gasteiger partial charge in [0.25, 0.3) is 0 Å². The predicted octanol–water partition coefficient (Wildman–Crippen LogP) is 14.5. The Morgan fingerprint density at radius 1 is 0.414 bits per heavy atom. The van der Waals surface area contributed by atoms with Crippen LogP contribution in [0, 0.1) is 22.7 Å². The summed E-state index contributed by atoms with van der Waals surface area (Å²) in [7, 11) is 0. The molecule has 0 amide bonds. The molecule has 0 radical (unpaired) electrons. The zero-order valence-corrected chi connectivity index (χ0v) is 37.0. The Morgan fingerprint density at radius 3 is 1.67 bits per heavy atom. The molecule has 15 rings (SSSR count). The van der Waals surface area contributed by atoms with E-state index in [1.54, 1.807) is 0 Å². The number of nitriles is 2. The van der Waals surface area contributed by atoms with Crippen molar-refractivity contribution in [2.24, 2.45) is 0 Å². The van der Waals surface area contributed by atoms with Gasteiger partial charge >= 0.3 is 0 Å². The van der Waals surface area contributed by atoms with Crippen LogP contribution in [0.3, 0.4) is 0 Å². The Labute approximate surface area is 400 Å². The fourth-order valence-corrected chi connectivity index (χ4v) is 11.7. The summed E-state index contributed by atoms with van der Waals surface area (Å²) in [6.07, 6.45) is 3.80. The topological polar surface area (TPSA) is 105 Å². The van der Waals surface area contributed by atoms with Crippen LogP contribution in [-0.4, -0.2) is 19.1 Å². The lowest BCUT2D eigenvalue weighted by Crippen LogP contribution is -2.34. The zero-order valence-electron chi connectivity index (χ0n) is 37.0. The van der Waals surface area contributed by atoms with E-state index >= 15 is 0 Å². The second kappa shape index (κ2) is 14.0. The lowest BCUT2D eigenvalue weighted by Gasteiger charge is -2.43. The van der Waals surface area contributed by atoms with Gasteiger partial charge in [0.1, 0.15) is 11.5 Å². The number of nitrogens with zero attached hydrogens (tertiary/aromatic N) is 7. The molecule has 3 aliphatic rings. The number of pyridine rings is 2. The second-order valence-electron chi connectivity index (χ2n) is 17.9. The highest BCUT2D eigenvalue weighted by Crippen LogP contribution is 2.65. The molecule has 2 aliphatic heterocycles. The highest BCUT2D eigenvalue weighted by Gasteiger charge is 2.55. The third kappa shape index (κ3) is 4.96. The lowest BCUT2D eigenvalue weighted by atomic mass is 9.65. The molecule has 1 spiro atoms. The van der Waals surface area contributed by atoms with E-state index in [0.29, 0.717) is 22.6 Å². The summed E-state index contributed by atoms with van der Waals surface area (Å²) in [5.74, 6) is 2.87. The molecule has 0 fully saturated rings. The SMILES string of the molecule is N#Cc1ccc2c(c1)c1ccccc1n2-c1ccc2c(c1)Oc1cccc(N3c4ccccc4Oc4ccccc43)c1C21c2cccnc2-c2ncc(-n3c4ccccc4c4cc(C#N)ccc43)cc21. The van der Waals surface area contributed by atoms with Crippen LogP contribution >= 0.6 is 0 Å². The van der Waals surface area contributed by atoms with Gasteiger partial charge in [-0.3, -0.25) is 9.97 Å². The minimum absolute atomic E-state index is 0.601. The molecule has 0 saturated carbocycles. The van der Waals surface area contributed by atoms with Crippen LogP contribution in [0.5, 0.6) is 23.0 Å². The summed E-state index contributed by atoms with van der Waals surface area (Å²) in [5.41, 5.74) is 14.1. The lowest BCUT2D eigenvalue weighted by molar-refractivity contribution is 0.436. The fourth-order valence-electron chi connectivity index (χ4n) is 11.7. The average molecular weight is 896 g/mol. The van der Waals surface area contributed by atoms with Gasteiger partial charge in [-0.05, 0) is 109 Å². The molecule has 8 aromatic carbocycles. The van der Waals surface area contributed by atoms with Crippen LogP contribution in [-0.2, 0) is 5.41 Å². The molecule has 324 valence electrons. The number of para-hydroxylation sites is 6. The molecule has 9 nitrogen and oxygen atoms in total. The third-order valence-electron chi connectivity index (χ3n) is 14.5. The average Bonchev–Trinajstić information content (AvgIpc) is 4.03. The summed E-state index contributed by atoms with van der Waals surface area (Å²) in [6, 6.07) is 68.8. The van der Waals surface area contributed by atoms with E-state index in [1.165, 1.54) is 0 Å².